The minimum Gasteiger partial charge on any atom is -0.486 e. The Hall–Kier alpha value is -2.08. The molecule has 3 rings (SSSR count). The van der Waals surface area contributed by atoms with Gasteiger partial charge in [-0.15, -0.1) is 0 Å². The number of fused-ring (bicyclic) bond motifs is 1. The second kappa shape index (κ2) is 6.13. The highest BCUT2D eigenvalue weighted by Gasteiger charge is 2.18. The zero-order chi connectivity index (χ0) is 14.7. The molecular formula is C15H13BrN2O3. The van der Waals surface area contributed by atoms with E-state index in [4.69, 9.17) is 9.47 Å². The van der Waals surface area contributed by atoms with E-state index in [1.165, 1.54) is 0 Å². The Morgan fingerprint density at radius 3 is 2.95 bits per heavy atom. The topological polar surface area (TPSA) is 60.5 Å². The Labute approximate surface area is 130 Å². The first-order chi connectivity index (χ1) is 10.2. The molecule has 6 heteroatoms. The summed E-state index contributed by atoms with van der Waals surface area (Å²) >= 11 is 3.40. The SMILES string of the molecule is O=C(NCc1ccccn1)c1cc(Br)c2c(c1)OCCO2. The van der Waals surface area contributed by atoms with E-state index in [1.54, 1.807) is 18.3 Å². The van der Waals surface area contributed by atoms with Crippen LogP contribution in [0.1, 0.15) is 16.1 Å². The zero-order valence-corrected chi connectivity index (χ0v) is 12.7. The van der Waals surface area contributed by atoms with Crippen LogP contribution in [0.2, 0.25) is 0 Å². The summed E-state index contributed by atoms with van der Waals surface area (Å²) in [5, 5.41) is 2.83. The van der Waals surface area contributed by atoms with Crippen LogP contribution < -0.4 is 14.8 Å². The first-order valence-corrected chi connectivity index (χ1v) is 7.30. The highest BCUT2D eigenvalue weighted by atomic mass is 79.9. The molecule has 108 valence electrons. The van der Waals surface area contributed by atoms with Gasteiger partial charge in [0.2, 0.25) is 0 Å². The summed E-state index contributed by atoms with van der Waals surface area (Å²) in [6, 6.07) is 8.99. The molecule has 0 saturated carbocycles. The monoisotopic (exact) mass is 348 g/mol. The number of hydrogen-bond acceptors (Lipinski definition) is 4. The van der Waals surface area contributed by atoms with Crippen LogP contribution in [-0.4, -0.2) is 24.1 Å². The summed E-state index contributed by atoms with van der Waals surface area (Å²) in [6.45, 7) is 1.38. The Bertz CT molecular complexity index is 661. The van der Waals surface area contributed by atoms with Gasteiger partial charge in [0, 0.05) is 11.8 Å². The van der Waals surface area contributed by atoms with E-state index < -0.39 is 0 Å². The fraction of sp³-hybridized carbons (Fsp3) is 0.200. The van der Waals surface area contributed by atoms with Crippen LogP contribution in [0.25, 0.3) is 0 Å². The molecular weight excluding hydrogens is 336 g/mol. The maximum Gasteiger partial charge on any atom is 0.251 e. The van der Waals surface area contributed by atoms with E-state index >= 15 is 0 Å². The van der Waals surface area contributed by atoms with Gasteiger partial charge in [-0.25, -0.2) is 0 Å². The van der Waals surface area contributed by atoms with Crippen LogP contribution in [0, 0.1) is 0 Å². The Kier molecular flexibility index (Phi) is 4.06. The van der Waals surface area contributed by atoms with Gasteiger partial charge in [0.05, 0.1) is 16.7 Å². The first-order valence-electron chi connectivity index (χ1n) is 6.51. The fourth-order valence-electron chi connectivity index (χ4n) is 2.02. The quantitative estimate of drug-likeness (QED) is 0.925. The van der Waals surface area contributed by atoms with Crippen molar-refractivity contribution in [2.75, 3.05) is 13.2 Å². The third kappa shape index (κ3) is 3.16. The Balaban J connectivity index is 1.74. The van der Waals surface area contributed by atoms with Crippen LogP contribution in [-0.2, 0) is 6.54 Å². The molecule has 0 fully saturated rings. The highest BCUT2D eigenvalue weighted by molar-refractivity contribution is 9.10. The molecule has 0 bridgehead atoms. The highest BCUT2D eigenvalue weighted by Crippen LogP contribution is 2.38. The number of benzene rings is 1. The third-order valence-electron chi connectivity index (χ3n) is 3.02. The molecule has 0 radical (unpaired) electrons. The number of nitrogens with zero attached hydrogens (tertiary/aromatic N) is 1. The van der Waals surface area contributed by atoms with E-state index in [0.717, 1.165) is 5.69 Å². The van der Waals surface area contributed by atoms with Gasteiger partial charge < -0.3 is 14.8 Å². The molecule has 0 unspecified atom stereocenters. The average Bonchev–Trinajstić information content (AvgIpc) is 2.53. The molecule has 1 aromatic carbocycles. The van der Waals surface area contributed by atoms with Crippen molar-refractivity contribution in [3.63, 3.8) is 0 Å². The van der Waals surface area contributed by atoms with Crippen molar-refractivity contribution in [3.05, 3.63) is 52.3 Å². The van der Waals surface area contributed by atoms with E-state index in [2.05, 4.69) is 26.2 Å². The van der Waals surface area contributed by atoms with E-state index in [1.807, 2.05) is 18.2 Å². The minimum absolute atomic E-state index is 0.182. The summed E-state index contributed by atoms with van der Waals surface area (Å²) in [4.78, 5) is 16.4. The maximum atomic E-state index is 12.2. The number of halogens is 1. The number of carbonyl (C=O) groups is 1. The van der Waals surface area contributed by atoms with E-state index in [0.29, 0.717) is 41.3 Å². The normalized spacial score (nSPS) is 12.8. The third-order valence-corrected chi connectivity index (χ3v) is 3.60. The number of carbonyl (C=O) groups excluding carboxylic acids is 1. The molecule has 0 atom stereocenters. The average molecular weight is 349 g/mol. The molecule has 1 amide bonds. The minimum atomic E-state index is -0.182. The van der Waals surface area contributed by atoms with Crippen molar-refractivity contribution in [3.8, 4) is 11.5 Å². The van der Waals surface area contributed by atoms with Crippen molar-refractivity contribution in [1.29, 1.82) is 0 Å². The first kappa shape index (κ1) is 13.9. The van der Waals surface area contributed by atoms with Gasteiger partial charge in [0.15, 0.2) is 11.5 Å². The molecule has 1 aliphatic heterocycles. The smallest absolute Gasteiger partial charge is 0.251 e. The summed E-state index contributed by atoms with van der Waals surface area (Å²) in [7, 11) is 0. The van der Waals surface area contributed by atoms with Gasteiger partial charge >= 0.3 is 0 Å². The number of amides is 1. The molecule has 2 aromatic rings. The Morgan fingerprint density at radius 2 is 2.14 bits per heavy atom. The van der Waals surface area contributed by atoms with Crippen molar-refractivity contribution >= 4 is 21.8 Å². The maximum absolute atomic E-state index is 12.2. The van der Waals surface area contributed by atoms with Gasteiger partial charge in [-0.3, -0.25) is 9.78 Å². The standard InChI is InChI=1S/C15H13BrN2O3/c16-12-7-10(8-13-14(12)21-6-5-20-13)15(19)18-9-11-3-1-2-4-17-11/h1-4,7-8H,5-6,9H2,(H,18,19). The molecule has 0 aliphatic carbocycles. The number of ether oxygens (including phenoxy) is 2. The predicted octanol–water partition coefficient (Wildman–Crippen LogP) is 2.55. The van der Waals surface area contributed by atoms with Crippen molar-refractivity contribution in [1.82, 2.24) is 10.3 Å². The second-order valence-electron chi connectivity index (χ2n) is 4.49. The number of nitrogens with one attached hydrogen (secondary N) is 1. The molecule has 1 aliphatic rings. The van der Waals surface area contributed by atoms with Crippen LogP contribution in [0.4, 0.5) is 0 Å². The lowest BCUT2D eigenvalue weighted by Gasteiger charge is -2.20. The predicted molar refractivity (Wildman–Crippen MR) is 80.5 cm³/mol. The van der Waals surface area contributed by atoms with Gasteiger partial charge in [0.1, 0.15) is 13.2 Å². The summed E-state index contributed by atoms with van der Waals surface area (Å²) in [6.07, 6.45) is 1.70. The number of hydrogen-bond donors (Lipinski definition) is 1. The molecule has 0 spiro atoms. The van der Waals surface area contributed by atoms with Gasteiger partial charge in [0.25, 0.3) is 5.91 Å². The molecule has 1 aromatic heterocycles. The van der Waals surface area contributed by atoms with Crippen LogP contribution in [0.5, 0.6) is 11.5 Å². The van der Waals surface area contributed by atoms with Gasteiger partial charge in [-0.1, -0.05) is 6.07 Å². The Morgan fingerprint density at radius 1 is 1.29 bits per heavy atom. The van der Waals surface area contributed by atoms with Crippen molar-refractivity contribution in [2.45, 2.75) is 6.54 Å². The lowest BCUT2D eigenvalue weighted by molar-refractivity contribution is 0.0949. The lowest BCUT2D eigenvalue weighted by Crippen LogP contribution is -2.24. The largest absolute Gasteiger partial charge is 0.486 e. The van der Waals surface area contributed by atoms with Crippen molar-refractivity contribution in [2.24, 2.45) is 0 Å². The number of rotatable bonds is 3. The van der Waals surface area contributed by atoms with E-state index in [9.17, 15) is 4.79 Å². The molecule has 1 N–H and O–H groups in total. The summed E-state index contributed by atoms with van der Waals surface area (Å²) in [5.41, 5.74) is 1.32. The second-order valence-corrected chi connectivity index (χ2v) is 5.34. The number of aromatic nitrogens is 1. The molecule has 2 heterocycles. The molecule has 5 nitrogen and oxygen atoms in total. The molecule has 21 heavy (non-hydrogen) atoms. The van der Waals surface area contributed by atoms with Crippen LogP contribution in [0.3, 0.4) is 0 Å². The van der Waals surface area contributed by atoms with Crippen molar-refractivity contribution < 1.29 is 14.3 Å². The number of pyridine rings is 1. The fourth-order valence-corrected chi connectivity index (χ4v) is 2.57. The summed E-state index contributed by atoms with van der Waals surface area (Å²) < 4.78 is 11.7. The summed E-state index contributed by atoms with van der Waals surface area (Å²) in [5.74, 6) is 1.04. The lowest BCUT2D eigenvalue weighted by atomic mass is 10.1. The molecule has 0 saturated heterocycles. The van der Waals surface area contributed by atoms with E-state index in [-0.39, 0.29) is 5.91 Å². The van der Waals surface area contributed by atoms with Gasteiger partial charge in [-0.2, -0.15) is 0 Å². The van der Waals surface area contributed by atoms with Crippen LogP contribution in [0.15, 0.2) is 41.0 Å². The zero-order valence-electron chi connectivity index (χ0n) is 11.1. The van der Waals surface area contributed by atoms with Gasteiger partial charge in [-0.05, 0) is 40.2 Å². The van der Waals surface area contributed by atoms with Crippen LogP contribution >= 0.6 is 15.9 Å².